The average Bonchev–Trinajstić information content (AvgIpc) is 3.20. The number of fused-ring (bicyclic) bond motifs is 1. The molecule has 0 amide bonds. The van der Waals surface area contributed by atoms with Gasteiger partial charge in [-0.15, -0.1) is 0 Å². The molecule has 0 saturated carbocycles. The lowest BCUT2D eigenvalue weighted by molar-refractivity contribution is -0.136. The van der Waals surface area contributed by atoms with Crippen LogP contribution in [0.5, 0.6) is 5.75 Å². The Labute approximate surface area is 167 Å². The molecular formula is C24H20FNO3. The van der Waals surface area contributed by atoms with Crippen molar-refractivity contribution in [2.45, 2.75) is 19.4 Å². The number of nitrogens with one attached hydrogen (secondary N) is 1. The van der Waals surface area contributed by atoms with Crippen LogP contribution in [0.2, 0.25) is 0 Å². The van der Waals surface area contributed by atoms with E-state index in [2.05, 4.69) is 11.1 Å². The Morgan fingerprint density at radius 1 is 0.966 bits per heavy atom. The molecule has 0 fully saturated rings. The highest BCUT2D eigenvalue weighted by Crippen LogP contribution is 2.34. The highest BCUT2D eigenvalue weighted by molar-refractivity contribution is 5.86. The van der Waals surface area contributed by atoms with Gasteiger partial charge in [0.1, 0.15) is 18.2 Å². The van der Waals surface area contributed by atoms with Gasteiger partial charge in [-0.2, -0.15) is 0 Å². The van der Waals surface area contributed by atoms with Crippen molar-refractivity contribution in [2.75, 3.05) is 0 Å². The van der Waals surface area contributed by atoms with Crippen LogP contribution in [0.15, 0.2) is 72.9 Å². The number of rotatable bonds is 7. The average molecular weight is 389 g/mol. The summed E-state index contributed by atoms with van der Waals surface area (Å²) in [6.45, 7) is 0.314. The fourth-order valence-electron chi connectivity index (χ4n) is 3.30. The first-order valence-corrected chi connectivity index (χ1v) is 9.38. The summed E-state index contributed by atoms with van der Waals surface area (Å²) < 4.78 is 19.2. The minimum Gasteiger partial charge on any atom is -0.488 e. The number of hydrogen-bond acceptors (Lipinski definition) is 2. The quantitative estimate of drug-likeness (QED) is 0.434. The van der Waals surface area contributed by atoms with Crippen molar-refractivity contribution in [3.63, 3.8) is 0 Å². The van der Waals surface area contributed by atoms with E-state index < -0.39 is 5.97 Å². The van der Waals surface area contributed by atoms with E-state index in [0.717, 1.165) is 33.2 Å². The van der Waals surface area contributed by atoms with E-state index in [1.165, 1.54) is 12.1 Å². The molecule has 0 unspecified atom stereocenters. The second kappa shape index (κ2) is 8.19. The Morgan fingerprint density at radius 2 is 1.76 bits per heavy atom. The predicted octanol–water partition coefficient (Wildman–Crippen LogP) is 5.57. The summed E-state index contributed by atoms with van der Waals surface area (Å²) in [7, 11) is 0. The molecule has 5 heteroatoms. The Kier molecular flexibility index (Phi) is 5.29. The van der Waals surface area contributed by atoms with Crippen LogP contribution in [0, 0.1) is 5.82 Å². The molecule has 1 aromatic heterocycles. The van der Waals surface area contributed by atoms with Crippen LogP contribution in [-0.2, 0) is 17.8 Å². The van der Waals surface area contributed by atoms with E-state index in [1.807, 2.05) is 42.6 Å². The molecule has 3 aromatic carbocycles. The summed E-state index contributed by atoms with van der Waals surface area (Å²) in [5.41, 5.74) is 4.74. The molecule has 146 valence electrons. The Balaban J connectivity index is 1.66. The van der Waals surface area contributed by atoms with Gasteiger partial charge in [-0.05, 0) is 71.0 Å². The SMILES string of the molecule is O=C(O)CCc1ccc(OCc2ccc(F)cc2)c(-c2ccc3[nH]ccc3c2)c1. The summed E-state index contributed by atoms with van der Waals surface area (Å²) >= 11 is 0. The number of H-pyrrole nitrogens is 1. The number of aryl methyl sites for hydroxylation is 1. The third kappa shape index (κ3) is 4.46. The monoisotopic (exact) mass is 389 g/mol. The maximum absolute atomic E-state index is 13.1. The van der Waals surface area contributed by atoms with Crippen LogP contribution >= 0.6 is 0 Å². The normalized spacial score (nSPS) is 10.9. The molecule has 0 bridgehead atoms. The fraction of sp³-hybridized carbons (Fsp3) is 0.125. The molecule has 0 radical (unpaired) electrons. The lowest BCUT2D eigenvalue weighted by Crippen LogP contribution is -2.00. The summed E-state index contributed by atoms with van der Waals surface area (Å²) in [5.74, 6) is -0.405. The summed E-state index contributed by atoms with van der Waals surface area (Å²) in [6, 6.07) is 20.1. The molecule has 0 aliphatic heterocycles. The van der Waals surface area contributed by atoms with Crippen LogP contribution in [0.4, 0.5) is 4.39 Å². The van der Waals surface area contributed by atoms with Gasteiger partial charge in [0, 0.05) is 23.7 Å². The van der Waals surface area contributed by atoms with Crippen molar-refractivity contribution in [3.8, 4) is 16.9 Å². The molecular weight excluding hydrogens is 369 g/mol. The minimum atomic E-state index is -0.822. The molecule has 4 aromatic rings. The second-order valence-corrected chi connectivity index (χ2v) is 6.92. The van der Waals surface area contributed by atoms with Crippen LogP contribution in [0.25, 0.3) is 22.0 Å². The molecule has 0 atom stereocenters. The highest BCUT2D eigenvalue weighted by Gasteiger charge is 2.11. The second-order valence-electron chi connectivity index (χ2n) is 6.92. The van der Waals surface area contributed by atoms with Crippen molar-refractivity contribution in [2.24, 2.45) is 0 Å². The molecule has 0 spiro atoms. The minimum absolute atomic E-state index is 0.0755. The molecule has 0 aliphatic rings. The highest BCUT2D eigenvalue weighted by atomic mass is 19.1. The number of carboxylic acid groups (broad SMARTS) is 1. The number of benzene rings is 3. The zero-order valence-corrected chi connectivity index (χ0v) is 15.7. The van der Waals surface area contributed by atoms with Crippen molar-refractivity contribution < 1.29 is 19.0 Å². The summed E-state index contributed by atoms with van der Waals surface area (Å²) in [6.07, 6.45) is 2.42. The van der Waals surface area contributed by atoms with E-state index in [-0.39, 0.29) is 12.2 Å². The largest absolute Gasteiger partial charge is 0.488 e. The number of aromatic amines is 1. The van der Waals surface area contributed by atoms with Crippen LogP contribution in [0.1, 0.15) is 17.5 Å². The van der Waals surface area contributed by atoms with Gasteiger partial charge in [-0.25, -0.2) is 4.39 Å². The van der Waals surface area contributed by atoms with Crippen molar-refractivity contribution >= 4 is 16.9 Å². The smallest absolute Gasteiger partial charge is 0.303 e. The van der Waals surface area contributed by atoms with Gasteiger partial charge in [-0.1, -0.05) is 24.3 Å². The van der Waals surface area contributed by atoms with Gasteiger partial charge in [-0.3, -0.25) is 4.79 Å². The predicted molar refractivity (Wildman–Crippen MR) is 110 cm³/mol. The molecule has 1 heterocycles. The van der Waals surface area contributed by atoms with Crippen LogP contribution < -0.4 is 4.74 Å². The van der Waals surface area contributed by atoms with Crippen LogP contribution in [0.3, 0.4) is 0 Å². The molecule has 4 nitrogen and oxygen atoms in total. The van der Waals surface area contributed by atoms with Gasteiger partial charge in [0.15, 0.2) is 0 Å². The van der Waals surface area contributed by atoms with E-state index in [4.69, 9.17) is 9.84 Å². The summed E-state index contributed by atoms with van der Waals surface area (Å²) in [4.78, 5) is 14.1. The maximum atomic E-state index is 13.1. The Hall–Kier alpha value is -3.60. The van der Waals surface area contributed by atoms with Crippen molar-refractivity contribution in [1.82, 2.24) is 4.98 Å². The van der Waals surface area contributed by atoms with E-state index >= 15 is 0 Å². The zero-order chi connectivity index (χ0) is 20.2. The van der Waals surface area contributed by atoms with Gasteiger partial charge in [0.25, 0.3) is 0 Å². The first-order chi connectivity index (χ1) is 14.1. The lowest BCUT2D eigenvalue weighted by atomic mass is 9.99. The fourth-order valence-corrected chi connectivity index (χ4v) is 3.30. The molecule has 0 aliphatic carbocycles. The van der Waals surface area contributed by atoms with Crippen molar-refractivity contribution in [3.05, 3.63) is 89.9 Å². The number of carbonyl (C=O) groups is 1. The summed E-state index contributed by atoms with van der Waals surface area (Å²) in [5, 5.41) is 10.1. The first-order valence-electron chi connectivity index (χ1n) is 9.38. The van der Waals surface area contributed by atoms with Crippen LogP contribution in [-0.4, -0.2) is 16.1 Å². The number of hydrogen-bond donors (Lipinski definition) is 2. The third-order valence-electron chi connectivity index (χ3n) is 4.84. The number of carboxylic acids is 1. The third-order valence-corrected chi connectivity index (χ3v) is 4.84. The van der Waals surface area contributed by atoms with Gasteiger partial charge < -0.3 is 14.8 Å². The topological polar surface area (TPSA) is 62.3 Å². The number of aromatic nitrogens is 1. The first kappa shape index (κ1) is 18.7. The van der Waals surface area contributed by atoms with Gasteiger partial charge >= 0.3 is 5.97 Å². The molecule has 4 rings (SSSR count). The molecule has 0 saturated heterocycles. The van der Waals surface area contributed by atoms with Gasteiger partial charge in [0.2, 0.25) is 0 Å². The maximum Gasteiger partial charge on any atom is 0.303 e. The molecule has 29 heavy (non-hydrogen) atoms. The lowest BCUT2D eigenvalue weighted by Gasteiger charge is -2.14. The van der Waals surface area contributed by atoms with E-state index in [0.29, 0.717) is 18.8 Å². The van der Waals surface area contributed by atoms with E-state index in [9.17, 15) is 9.18 Å². The van der Waals surface area contributed by atoms with Crippen molar-refractivity contribution in [1.29, 1.82) is 0 Å². The number of ether oxygens (including phenoxy) is 1. The Morgan fingerprint density at radius 3 is 2.55 bits per heavy atom. The zero-order valence-electron chi connectivity index (χ0n) is 15.7. The Bertz CT molecular complexity index is 1150. The number of halogens is 1. The van der Waals surface area contributed by atoms with Gasteiger partial charge in [0.05, 0.1) is 0 Å². The standard InChI is InChI=1S/C24H20FNO3/c25-20-6-1-17(2-7-20)15-29-23-9-3-16(4-10-24(27)28)13-21(23)18-5-8-22-19(14-18)11-12-26-22/h1-3,5-9,11-14,26H,4,10,15H2,(H,27,28). The number of aliphatic carboxylic acids is 1. The van der Waals surface area contributed by atoms with E-state index in [1.54, 1.807) is 12.1 Å². The molecule has 2 N–H and O–H groups in total.